The molecule has 112 valence electrons. The number of hydrazine groups is 1. The molecule has 6 heteroatoms. The van der Waals surface area contributed by atoms with E-state index in [0.29, 0.717) is 23.8 Å². The molecule has 5 nitrogen and oxygen atoms in total. The summed E-state index contributed by atoms with van der Waals surface area (Å²) in [6.07, 6.45) is 0.941. The number of para-hydroxylation sites is 2. The number of benzene rings is 1. The van der Waals surface area contributed by atoms with Crippen molar-refractivity contribution in [3.8, 4) is 11.5 Å². The summed E-state index contributed by atoms with van der Waals surface area (Å²) in [6.45, 7) is 3.09. The van der Waals surface area contributed by atoms with Gasteiger partial charge in [-0.15, -0.1) is 11.3 Å². The van der Waals surface area contributed by atoms with Crippen molar-refractivity contribution in [3.05, 3.63) is 46.2 Å². The van der Waals surface area contributed by atoms with E-state index in [-0.39, 0.29) is 5.91 Å². The zero-order valence-electron chi connectivity index (χ0n) is 11.8. The quantitative estimate of drug-likeness (QED) is 0.468. The van der Waals surface area contributed by atoms with Crippen LogP contribution in [-0.2, 0) is 6.61 Å². The molecule has 0 radical (unpaired) electrons. The second-order valence-corrected chi connectivity index (χ2v) is 5.49. The molecule has 0 aliphatic carbocycles. The van der Waals surface area contributed by atoms with E-state index in [2.05, 4.69) is 12.3 Å². The van der Waals surface area contributed by atoms with Crippen LogP contribution in [0.3, 0.4) is 0 Å². The molecule has 0 bridgehead atoms. The van der Waals surface area contributed by atoms with Crippen LogP contribution < -0.4 is 20.7 Å². The van der Waals surface area contributed by atoms with Crippen LogP contribution >= 0.6 is 11.3 Å². The Morgan fingerprint density at radius 2 is 1.90 bits per heavy atom. The molecule has 1 amide bonds. The SMILES string of the molecule is CCCOc1ccccc1OCc1ccc(C(=O)NN)s1. The van der Waals surface area contributed by atoms with E-state index in [4.69, 9.17) is 15.3 Å². The normalized spacial score (nSPS) is 10.2. The third-order valence-corrected chi connectivity index (χ3v) is 3.75. The number of carbonyl (C=O) groups is 1. The van der Waals surface area contributed by atoms with Gasteiger partial charge in [-0.25, -0.2) is 5.84 Å². The minimum Gasteiger partial charge on any atom is -0.490 e. The van der Waals surface area contributed by atoms with Crippen LogP contribution in [-0.4, -0.2) is 12.5 Å². The van der Waals surface area contributed by atoms with E-state index in [1.54, 1.807) is 6.07 Å². The number of hydrogen-bond acceptors (Lipinski definition) is 5. The summed E-state index contributed by atoms with van der Waals surface area (Å²) in [5.74, 6) is 6.24. The van der Waals surface area contributed by atoms with E-state index in [1.807, 2.05) is 30.3 Å². The lowest BCUT2D eigenvalue weighted by Crippen LogP contribution is -2.29. The Morgan fingerprint density at radius 3 is 2.57 bits per heavy atom. The van der Waals surface area contributed by atoms with Gasteiger partial charge in [-0.1, -0.05) is 19.1 Å². The summed E-state index contributed by atoms with van der Waals surface area (Å²) >= 11 is 1.35. The Morgan fingerprint density at radius 1 is 1.19 bits per heavy atom. The number of hydrogen-bond donors (Lipinski definition) is 2. The van der Waals surface area contributed by atoms with Gasteiger partial charge in [-0.2, -0.15) is 0 Å². The highest BCUT2D eigenvalue weighted by Crippen LogP contribution is 2.28. The van der Waals surface area contributed by atoms with Gasteiger partial charge in [0.1, 0.15) is 6.61 Å². The zero-order chi connectivity index (χ0) is 15.1. The molecule has 1 aromatic heterocycles. The number of nitrogens with one attached hydrogen (secondary N) is 1. The molecule has 0 atom stereocenters. The maximum atomic E-state index is 11.4. The fraction of sp³-hybridized carbons (Fsp3) is 0.267. The van der Waals surface area contributed by atoms with Crippen molar-refractivity contribution in [2.45, 2.75) is 20.0 Å². The van der Waals surface area contributed by atoms with E-state index in [0.717, 1.165) is 17.0 Å². The molecular formula is C15H18N2O3S. The molecule has 2 aromatic rings. The highest BCUT2D eigenvalue weighted by molar-refractivity contribution is 7.14. The molecule has 0 aliphatic rings. The van der Waals surface area contributed by atoms with Gasteiger partial charge in [0.2, 0.25) is 0 Å². The standard InChI is InChI=1S/C15H18N2O3S/c1-2-9-19-12-5-3-4-6-13(12)20-10-11-7-8-14(21-11)15(18)17-16/h3-8H,2,9-10,16H2,1H3,(H,17,18). The number of ether oxygens (including phenoxy) is 2. The minimum atomic E-state index is -0.294. The number of amides is 1. The molecule has 1 heterocycles. The molecule has 0 fully saturated rings. The van der Waals surface area contributed by atoms with Crippen LogP contribution in [0.15, 0.2) is 36.4 Å². The molecule has 3 N–H and O–H groups in total. The number of nitrogen functional groups attached to an aromatic ring is 1. The smallest absolute Gasteiger partial charge is 0.275 e. The monoisotopic (exact) mass is 306 g/mol. The van der Waals surface area contributed by atoms with Crippen molar-refractivity contribution in [3.63, 3.8) is 0 Å². The Labute approximate surface area is 127 Å². The Bertz CT molecular complexity index is 598. The molecule has 0 spiro atoms. The van der Waals surface area contributed by atoms with Gasteiger partial charge in [0.15, 0.2) is 11.5 Å². The minimum absolute atomic E-state index is 0.294. The second-order valence-electron chi connectivity index (χ2n) is 4.32. The summed E-state index contributed by atoms with van der Waals surface area (Å²) in [5, 5.41) is 0. The lowest BCUT2D eigenvalue weighted by atomic mass is 10.3. The van der Waals surface area contributed by atoms with Gasteiger partial charge in [-0.3, -0.25) is 10.2 Å². The van der Waals surface area contributed by atoms with E-state index < -0.39 is 0 Å². The lowest BCUT2D eigenvalue weighted by molar-refractivity contribution is 0.0957. The van der Waals surface area contributed by atoms with Gasteiger partial charge in [-0.05, 0) is 30.7 Å². The lowest BCUT2D eigenvalue weighted by Gasteiger charge is -2.11. The topological polar surface area (TPSA) is 73.6 Å². The third-order valence-electron chi connectivity index (χ3n) is 2.70. The van der Waals surface area contributed by atoms with Crippen LogP contribution in [0.25, 0.3) is 0 Å². The first kappa shape index (κ1) is 15.3. The Kier molecular flexibility index (Phi) is 5.59. The van der Waals surface area contributed by atoms with Crippen molar-refractivity contribution in [2.75, 3.05) is 6.61 Å². The first-order valence-corrected chi connectivity index (χ1v) is 7.50. The molecule has 1 aromatic carbocycles. The molecular weight excluding hydrogens is 288 g/mol. The predicted octanol–water partition coefficient (Wildman–Crippen LogP) is 2.72. The van der Waals surface area contributed by atoms with E-state index in [1.165, 1.54) is 11.3 Å². The largest absolute Gasteiger partial charge is 0.490 e. The first-order chi connectivity index (χ1) is 10.2. The van der Waals surface area contributed by atoms with E-state index >= 15 is 0 Å². The summed E-state index contributed by atoms with van der Waals surface area (Å²) in [5.41, 5.74) is 2.11. The Hall–Kier alpha value is -2.05. The zero-order valence-corrected chi connectivity index (χ0v) is 12.6. The highest BCUT2D eigenvalue weighted by atomic mass is 32.1. The number of carbonyl (C=O) groups excluding carboxylic acids is 1. The summed E-state index contributed by atoms with van der Waals surface area (Å²) in [6, 6.07) is 11.1. The van der Waals surface area contributed by atoms with Crippen molar-refractivity contribution in [2.24, 2.45) is 5.84 Å². The summed E-state index contributed by atoms with van der Waals surface area (Å²) < 4.78 is 11.4. The van der Waals surface area contributed by atoms with Gasteiger partial charge < -0.3 is 9.47 Å². The van der Waals surface area contributed by atoms with E-state index in [9.17, 15) is 4.79 Å². The van der Waals surface area contributed by atoms with Gasteiger partial charge in [0, 0.05) is 4.88 Å². The average Bonchev–Trinajstić information content (AvgIpc) is 3.00. The maximum absolute atomic E-state index is 11.4. The van der Waals surface area contributed by atoms with Crippen LogP contribution in [0, 0.1) is 0 Å². The van der Waals surface area contributed by atoms with Crippen molar-refractivity contribution >= 4 is 17.2 Å². The molecule has 21 heavy (non-hydrogen) atoms. The van der Waals surface area contributed by atoms with Crippen molar-refractivity contribution < 1.29 is 14.3 Å². The van der Waals surface area contributed by atoms with Crippen molar-refractivity contribution in [1.82, 2.24) is 5.43 Å². The maximum Gasteiger partial charge on any atom is 0.275 e. The Balaban J connectivity index is 1.99. The van der Waals surface area contributed by atoms with Crippen LogP contribution in [0.5, 0.6) is 11.5 Å². The molecule has 2 rings (SSSR count). The third kappa shape index (κ3) is 4.21. The van der Waals surface area contributed by atoms with Crippen molar-refractivity contribution in [1.29, 1.82) is 0 Å². The van der Waals surface area contributed by atoms with Crippen LogP contribution in [0.2, 0.25) is 0 Å². The van der Waals surface area contributed by atoms with Gasteiger partial charge >= 0.3 is 0 Å². The van der Waals surface area contributed by atoms with Gasteiger partial charge in [0.05, 0.1) is 11.5 Å². The second kappa shape index (κ2) is 7.66. The average molecular weight is 306 g/mol. The molecule has 0 saturated heterocycles. The number of rotatable bonds is 7. The summed E-state index contributed by atoms with van der Waals surface area (Å²) in [4.78, 5) is 12.9. The predicted molar refractivity (Wildman–Crippen MR) is 82.5 cm³/mol. The number of nitrogens with two attached hydrogens (primary N) is 1. The van der Waals surface area contributed by atoms with Crippen LogP contribution in [0.4, 0.5) is 0 Å². The number of thiophene rings is 1. The molecule has 0 saturated carbocycles. The molecule has 0 unspecified atom stereocenters. The fourth-order valence-electron chi connectivity index (χ4n) is 1.70. The fourth-order valence-corrected chi connectivity index (χ4v) is 2.52. The molecule has 0 aliphatic heterocycles. The highest BCUT2D eigenvalue weighted by Gasteiger charge is 2.09. The summed E-state index contributed by atoms with van der Waals surface area (Å²) in [7, 11) is 0. The van der Waals surface area contributed by atoms with Crippen LogP contribution in [0.1, 0.15) is 27.9 Å². The van der Waals surface area contributed by atoms with Gasteiger partial charge in [0.25, 0.3) is 5.91 Å². The first-order valence-electron chi connectivity index (χ1n) is 6.69.